The van der Waals surface area contributed by atoms with Crippen molar-refractivity contribution in [1.82, 2.24) is 9.97 Å². The smallest absolute Gasteiger partial charge is 0.246 e. The number of nitrogens with zero attached hydrogens (tertiary/aromatic N) is 2. The van der Waals surface area contributed by atoms with Crippen molar-refractivity contribution in [3.8, 4) is 28.5 Å². The molecule has 0 atom stereocenters. The summed E-state index contributed by atoms with van der Waals surface area (Å²) in [7, 11) is 1.71. The van der Waals surface area contributed by atoms with E-state index in [9.17, 15) is 0 Å². The Morgan fingerprint density at radius 3 is 2.26 bits per heavy atom. The van der Waals surface area contributed by atoms with E-state index in [1.54, 1.807) is 13.3 Å². The molecule has 0 fully saturated rings. The highest BCUT2D eigenvalue weighted by Gasteiger charge is 2.21. The van der Waals surface area contributed by atoms with Gasteiger partial charge in [-0.1, -0.05) is 60.7 Å². The van der Waals surface area contributed by atoms with Crippen LogP contribution in [0.1, 0.15) is 0 Å². The van der Waals surface area contributed by atoms with Crippen LogP contribution in [-0.2, 0) is 0 Å². The first-order chi connectivity index (χ1) is 15.3. The second kappa shape index (κ2) is 6.96. The molecule has 0 aliphatic rings. The number of oxazole rings is 1. The van der Waals surface area contributed by atoms with Crippen LogP contribution in [0.3, 0.4) is 0 Å². The van der Waals surface area contributed by atoms with Crippen molar-refractivity contribution in [2.24, 2.45) is 0 Å². The molecular weight excluding hydrogens is 384 g/mol. The summed E-state index contributed by atoms with van der Waals surface area (Å²) in [5.41, 5.74) is 4.26. The normalized spacial score (nSPS) is 11.4. The summed E-state index contributed by atoms with van der Waals surface area (Å²) in [5, 5.41) is 4.45. The molecule has 0 unspecified atom stereocenters. The van der Waals surface area contributed by atoms with Gasteiger partial charge in [0.1, 0.15) is 17.0 Å². The maximum Gasteiger partial charge on any atom is 0.246 e. The van der Waals surface area contributed by atoms with Crippen molar-refractivity contribution in [2.75, 3.05) is 7.11 Å². The molecule has 31 heavy (non-hydrogen) atoms. The molecule has 0 saturated heterocycles. The first-order valence-corrected chi connectivity index (χ1v) is 10.1. The SMILES string of the molecule is COc1ccc2ccccc2c1-c1c2ccccc2cc2oc(-c3ccccn3)nc12. The van der Waals surface area contributed by atoms with Crippen LogP contribution in [0.4, 0.5) is 0 Å². The Morgan fingerprint density at radius 1 is 0.742 bits per heavy atom. The zero-order chi connectivity index (χ0) is 20.8. The minimum absolute atomic E-state index is 0.506. The van der Waals surface area contributed by atoms with Crippen molar-refractivity contribution in [3.63, 3.8) is 0 Å². The van der Waals surface area contributed by atoms with E-state index in [0.717, 1.165) is 49.5 Å². The van der Waals surface area contributed by atoms with E-state index in [1.807, 2.05) is 42.5 Å². The minimum Gasteiger partial charge on any atom is -0.496 e. The number of benzene rings is 4. The van der Waals surface area contributed by atoms with E-state index in [2.05, 4.69) is 47.4 Å². The second-order valence-electron chi connectivity index (χ2n) is 7.42. The van der Waals surface area contributed by atoms with Crippen molar-refractivity contribution in [1.29, 1.82) is 0 Å². The number of rotatable bonds is 3. The molecule has 6 aromatic rings. The summed E-state index contributed by atoms with van der Waals surface area (Å²) in [6.45, 7) is 0. The zero-order valence-electron chi connectivity index (χ0n) is 16.9. The number of aromatic nitrogens is 2. The Kier molecular flexibility index (Phi) is 3.96. The molecule has 0 amide bonds. The molecule has 0 bridgehead atoms. The fraction of sp³-hybridized carbons (Fsp3) is 0.0370. The minimum atomic E-state index is 0.506. The monoisotopic (exact) mass is 402 g/mol. The lowest BCUT2D eigenvalue weighted by molar-refractivity contribution is 0.417. The van der Waals surface area contributed by atoms with Crippen LogP contribution in [0.5, 0.6) is 5.75 Å². The van der Waals surface area contributed by atoms with Crippen LogP contribution in [0.25, 0.3) is 55.4 Å². The molecular formula is C27H18N2O2. The van der Waals surface area contributed by atoms with Gasteiger partial charge in [-0.3, -0.25) is 4.98 Å². The van der Waals surface area contributed by atoms with E-state index >= 15 is 0 Å². The van der Waals surface area contributed by atoms with E-state index in [0.29, 0.717) is 11.6 Å². The van der Waals surface area contributed by atoms with Crippen LogP contribution < -0.4 is 4.74 Å². The zero-order valence-corrected chi connectivity index (χ0v) is 16.9. The summed E-state index contributed by atoms with van der Waals surface area (Å²) < 4.78 is 12.0. The Labute approximate surface area is 178 Å². The molecule has 0 radical (unpaired) electrons. The summed E-state index contributed by atoms with van der Waals surface area (Å²) >= 11 is 0. The Bertz CT molecular complexity index is 1570. The van der Waals surface area contributed by atoms with Gasteiger partial charge in [-0.25, -0.2) is 4.98 Å². The number of hydrogen-bond acceptors (Lipinski definition) is 4. The van der Waals surface area contributed by atoms with Gasteiger partial charge in [0.2, 0.25) is 5.89 Å². The largest absolute Gasteiger partial charge is 0.496 e. The number of fused-ring (bicyclic) bond motifs is 3. The summed E-state index contributed by atoms with van der Waals surface area (Å²) in [4.78, 5) is 9.33. The Hall–Kier alpha value is -4.18. The third kappa shape index (κ3) is 2.76. The average Bonchev–Trinajstić information content (AvgIpc) is 3.26. The van der Waals surface area contributed by atoms with Gasteiger partial charge >= 0.3 is 0 Å². The number of methoxy groups -OCH3 is 1. The maximum absolute atomic E-state index is 6.20. The van der Waals surface area contributed by atoms with Gasteiger partial charge in [-0.15, -0.1) is 0 Å². The average molecular weight is 402 g/mol. The number of ether oxygens (including phenoxy) is 1. The van der Waals surface area contributed by atoms with Gasteiger partial charge in [0.05, 0.1) is 7.11 Å². The first-order valence-electron chi connectivity index (χ1n) is 10.1. The van der Waals surface area contributed by atoms with E-state index in [-0.39, 0.29) is 0 Å². The number of hydrogen-bond donors (Lipinski definition) is 0. The van der Waals surface area contributed by atoms with Gasteiger partial charge in [0.25, 0.3) is 0 Å². The fourth-order valence-corrected chi connectivity index (χ4v) is 4.26. The molecule has 0 spiro atoms. The van der Waals surface area contributed by atoms with Crippen LogP contribution >= 0.6 is 0 Å². The highest BCUT2D eigenvalue weighted by atomic mass is 16.5. The van der Waals surface area contributed by atoms with Gasteiger partial charge in [0, 0.05) is 17.3 Å². The molecule has 2 heterocycles. The molecule has 4 heteroatoms. The van der Waals surface area contributed by atoms with Crippen LogP contribution in [0.2, 0.25) is 0 Å². The molecule has 4 nitrogen and oxygen atoms in total. The van der Waals surface area contributed by atoms with Gasteiger partial charge < -0.3 is 9.15 Å². The lowest BCUT2D eigenvalue weighted by Crippen LogP contribution is -1.92. The van der Waals surface area contributed by atoms with Crippen LogP contribution in [0, 0.1) is 0 Å². The van der Waals surface area contributed by atoms with Crippen molar-refractivity contribution in [2.45, 2.75) is 0 Å². The van der Waals surface area contributed by atoms with Gasteiger partial charge in [-0.2, -0.15) is 0 Å². The summed E-state index contributed by atoms with van der Waals surface area (Å²) in [5.74, 6) is 1.31. The fourth-order valence-electron chi connectivity index (χ4n) is 4.26. The van der Waals surface area contributed by atoms with E-state index in [1.165, 1.54) is 0 Å². The maximum atomic E-state index is 6.20. The standard InChI is InChI=1S/C27H18N2O2/c1-30-22-14-13-17-8-2-4-10-19(17)24(22)25-20-11-5-3-9-18(20)16-23-26(25)29-27(31-23)21-12-6-7-15-28-21/h2-16H,1H3. The first kappa shape index (κ1) is 17.7. The lowest BCUT2D eigenvalue weighted by atomic mass is 9.92. The topological polar surface area (TPSA) is 48.2 Å². The third-order valence-corrected chi connectivity index (χ3v) is 5.65. The van der Waals surface area contributed by atoms with Crippen molar-refractivity contribution < 1.29 is 9.15 Å². The summed E-state index contributed by atoms with van der Waals surface area (Å²) in [6, 6.07) is 28.5. The van der Waals surface area contributed by atoms with E-state index < -0.39 is 0 Å². The highest BCUT2D eigenvalue weighted by Crippen LogP contribution is 2.44. The molecule has 6 rings (SSSR count). The van der Waals surface area contributed by atoms with Crippen LogP contribution in [0.15, 0.2) is 95.5 Å². The Balaban J connectivity index is 1.79. The quantitative estimate of drug-likeness (QED) is 0.324. The number of pyridine rings is 1. The molecule has 0 saturated carbocycles. The predicted octanol–water partition coefficient (Wildman–Crippen LogP) is 6.87. The Morgan fingerprint density at radius 2 is 1.48 bits per heavy atom. The molecule has 0 aliphatic heterocycles. The molecule has 4 aromatic carbocycles. The second-order valence-corrected chi connectivity index (χ2v) is 7.42. The predicted molar refractivity (Wildman–Crippen MR) is 124 cm³/mol. The summed E-state index contributed by atoms with van der Waals surface area (Å²) in [6.07, 6.45) is 1.75. The molecule has 148 valence electrons. The highest BCUT2D eigenvalue weighted by molar-refractivity contribution is 6.16. The third-order valence-electron chi connectivity index (χ3n) is 5.65. The van der Waals surface area contributed by atoms with Gasteiger partial charge in [0.15, 0.2) is 5.58 Å². The molecule has 0 N–H and O–H groups in total. The van der Waals surface area contributed by atoms with Crippen LogP contribution in [-0.4, -0.2) is 17.1 Å². The van der Waals surface area contributed by atoms with Crippen molar-refractivity contribution in [3.05, 3.63) is 91.1 Å². The van der Waals surface area contributed by atoms with Gasteiger partial charge in [-0.05, 0) is 45.8 Å². The van der Waals surface area contributed by atoms with Crippen molar-refractivity contribution >= 4 is 32.6 Å². The lowest BCUT2D eigenvalue weighted by Gasteiger charge is -2.15. The van der Waals surface area contributed by atoms with E-state index in [4.69, 9.17) is 14.1 Å². The molecule has 2 aromatic heterocycles. The molecule has 0 aliphatic carbocycles.